The molecule has 3 rings (SSSR count). The minimum atomic E-state index is -0.922. The smallest absolute Gasteiger partial charge is 0.319 e. The number of aliphatic carboxylic acids is 1. The quantitative estimate of drug-likeness (QED) is 0.188. The van der Waals surface area contributed by atoms with Crippen molar-refractivity contribution in [3.8, 4) is 11.4 Å². The third-order valence-corrected chi connectivity index (χ3v) is 7.70. The molecule has 2 aromatic carbocycles. The number of carboxylic acid groups (broad SMARTS) is 1. The third kappa shape index (κ3) is 7.25. The number of carbonyl (C=O) groups is 2. The molecule has 6 nitrogen and oxygen atoms in total. The second kappa shape index (κ2) is 12.5. The molecule has 0 fully saturated rings. The van der Waals surface area contributed by atoms with E-state index in [2.05, 4.69) is 30.7 Å². The average molecular weight is 522 g/mol. The number of thioether (sulfide) groups is 1. The van der Waals surface area contributed by atoms with E-state index in [1.54, 1.807) is 13.8 Å². The van der Waals surface area contributed by atoms with Gasteiger partial charge in [-0.25, -0.2) is 4.98 Å². The average Bonchev–Trinajstić information content (AvgIpc) is 3.18. The highest BCUT2D eigenvalue weighted by Gasteiger charge is 2.28. The largest absolute Gasteiger partial charge is 0.480 e. The fraction of sp³-hybridized carbons (Fsp3) is 0.433. The fourth-order valence-corrected chi connectivity index (χ4v) is 5.04. The first-order valence-electron chi connectivity index (χ1n) is 13.0. The Hall–Kier alpha value is -3.06. The maximum absolute atomic E-state index is 13.3. The summed E-state index contributed by atoms with van der Waals surface area (Å²) in [6, 6.07) is 15.7. The maximum Gasteiger partial charge on any atom is 0.319 e. The Labute approximate surface area is 224 Å². The maximum atomic E-state index is 13.3. The van der Waals surface area contributed by atoms with Gasteiger partial charge in [0.1, 0.15) is 16.3 Å². The fourth-order valence-electron chi connectivity index (χ4n) is 4.09. The molecule has 0 saturated heterocycles. The summed E-state index contributed by atoms with van der Waals surface area (Å²) in [5.74, 6) is 0.106. The number of imidazole rings is 1. The van der Waals surface area contributed by atoms with E-state index in [-0.39, 0.29) is 5.91 Å². The monoisotopic (exact) mass is 521 g/mol. The van der Waals surface area contributed by atoms with Gasteiger partial charge in [-0.1, -0.05) is 64.3 Å². The van der Waals surface area contributed by atoms with Crippen molar-refractivity contribution in [2.45, 2.75) is 89.3 Å². The highest BCUT2D eigenvalue weighted by atomic mass is 32.2. The van der Waals surface area contributed by atoms with Crippen molar-refractivity contribution >= 4 is 29.3 Å². The number of nitrogens with zero attached hydrogens (tertiary/aromatic N) is 2. The number of hydrogen-bond donors (Lipinski definition) is 2. The lowest BCUT2D eigenvalue weighted by atomic mass is 10.0. The van der Waals surface area contributed by atoms with Crippen LogP contribution in [-0.2, 0) is 11.3 Å². The molecule has 3 aromatic rings. The van der Waals surface area contributed by atoms with Crippen molar-refractivity contribution in [3.05, 3.63) is 65.5 Å². The van der Waals surface area contributed by atoms with Crippen LogP contribution < -0.4 is 5.32 Å². The molecular weight excluding hydrogens is 482 g/mol. The summed E-state index contributed by atoms with van der Waals surface area (Å²) in [4.78, 5) is 30.4. The van der Waals surface area contributed by atoms with Gasteiger partial charge in [0.05, 0.1) is 0 Å². The van der Waals surface area contributed by atoms with E-state index in [9.17, 15) is 14.7 Å². The predicted molar refractivity (Wildman–Crippen MR) is 153 cm³/mol. The summed E-state index contributed by atoms with van der Waals surface area (Å²) in [6.07, 6.45) is 4.46. The number of nitrogens with one attached hydrogen (secondary N) is 1. The molecule has 0 aliphatic rings. The van der Waals surface area contributed by atoms with Crippen molar-refractivity contribution in [3.63, 3.8) is 0 Å². The van der Waals surface area contributed by atoms with Gasteiger partial charge in [0.2, 0.25) is 0 Å². The van der Waals surface area contributed by atoms with Crippen molar-refractivity contribution in [1.82, 2.24) is 9.55 Å². The van der Waals surface area contributed by atoms with E-state index in [4.69, 9.17) is 4.98 Å². The molecule has 2 N–H and O–H groups in total. The molecule has 7 heteroatoms. The second-order valence-electron chi connectivity index (χ2n) is 10.3. The lowest BCUT2D eigenvalue weighted by Gasteiger charge is -2.18. The van der Waals surface area contributed by atoms with E-state index in [0.717, 1.165) is 53.5 Å². The topological polar surface area (TPSA) is 84.2 Å². The highest BCUT2D eigenvalue weighted by Crippen LogP contribution is 2.34. The van der Waals surface area contributed by atoms with E-state index in [1.165, 1.54) is 23.7 Å². The molecule has 1 heterocycles. The Morgan fingerprint density at radius 3 is 2.24 bits per heavy atom. The van der Waals surface area contributed by atoms with Crippen LogP contribution in [0.15, 0.2) is 53.4 Å². The van der Waals surface area contributed by atoms with Gasteiger partial charge in [-0.15, -0.1) is 11.8 Å². The molecular formula is C30H39N3O3S. The first-order chi connectivity index (χ1) is 17.5. The Morgan fingerprint density at radius 2 is 1.68 bits per heavy atom. The number of carbonyl (C=O) groups excluding carboxylic acids is 1. The Bertz CT molecular complexity index is 1210. The van der Waals surface area contributed by atoms with Crippen LogP contribution in [0, 0.1) is 6.92 Å². The summed E-state index contributed by atoms with van der Waals surface area (Å²) in [5.41, 5.74) is 4.13. The summed E-state index contributed by atoms with van der Waals surface area (Å²) >= 11 is 1.31. The van der Waals surface area contributed by atoms with Crippen molar-refractivity contribution in [2.75, 3.05) is 5.32 Å². The number of hydrogen-bond acceptors (Lipinski definition) is 4. The minimum Gasteiger partial charge on any atom is -0.480 e. The standard InChI is InChI=1S/C30H39N3O3S/c1-7-8-9-10-19-33-21(4)26(28(34)31-24-15-11-22(12-16-24)20(2)3)32-27(33)23-13-17-25(18-14-23)37-30(5,6)29(35)36/h11-18,20H,7-10,19H2,1-6H3,(H,31,34)(H,35,36). The molecule has 0 spiro atoms. The van der Waals surface area contributed by atoms with E-state index in [0.29, 0.717) is 11.6 Å². The zero-order valence-electron chi connectivity index (χ0n) is 22.8. The summed E-state index contributed by atoms with van der Waals surface area (Å²) in [5, 5.41) is 12.5. The predicted octanol–water partition coefficient (Wildman–Crippen LogP) is 7.77. The van der Waals surface area contributed by atoms with Gasteiger partial charge in [0.15, 0.2) is 0 Å². The number of aromatic nitrogens is 2. The van der Waals surface area contributed by atoms with Gasteiger partial charge >= 0.3 is 5.97 Å². The SMILES string of the molecule is CCCCCCn1c(-c2ccc(SC(C)(C)C(=O)O)cc2)nc(C(=O)Nc2ccc(C(C)C)cc2)c1C. The van der Waals surface area contributed by atoms with Gasteiger partial charge in [0.25, 0.3) is 5.91 Å². The van der Waals surface area contributed by atoms with E-state index >= 15 is 0 Å². The Balaban J connectivity index is 1.89. The lowest BCUT2D eigenvalue weighted by Crippen LogP contribution is -2.26. The highest BCUT2D eigenvalue weighted by molar-refractivity contribution is 8.01. The number of anilines is 1. The molecule has 0 radical (unpaired) electrons. The molecule has 0 bridgehead atoms. The van der Waals surface area contributed by atoms with Gasteiger partial charge in [-0.05, 0) is 62.9 Å². The Kier molecular flexibility index (Phi) is 9.60. The molecule has 198 valence electrons. The zero-order chi connectivity index (χ0) is 27.2. The van der Waals surface area contributed by atoms with Gasteiger partial charge in [0, 0.05) is 28.4 Å². The molecule has 1 amide bonds. The number of rotatable bonds is 12. The number of amides is 1. The van der Waals surface area contributed by atoms with Crippen LogP contribution in [0.5, 0.6) is 0 Å². The number of carboxylic acids is 1. The van der Waals surface area contributed by atoms with Crippen molar-refractivity contribution in [1.29, 1.82) is 0 Å². The summed E-state index contributed by atoms with van der Waals surface area (Å²) in [7, 11) is 0. The molecule has 0 saturated carbocycles. The van der Waals surface area contributed by atoms with Crippen LogP contribution in [-0.4, -0.2) is 31.3 Å². The molecule has 0 atom stereocenters. The molecule has 1 aromatic heterocycles. The molecule has 0 unspecified atom stereocenters. The first-order valence-corrected chi connectivity index (χ1v) is 13.9. The Morgan fingerprint density at radius 1 is 1.03 bits per heavy atom. The van der Waals surface area contributed by atoms with Gasteiger partial charge in [-0.2, -0.15) is 0 Å². The van der Waals surface area contributed by atoms with E-state index in [1.807, 2.05) is 55.5 Å². The van der Waals surface area contributed by atoms with Crippen molar-refractivity contribution < 1.29 is 14.7 Å². The molecule has 0 aliphatic carbocycles. The van der Waals surface area contributed by atoms with Gasteiger partial charge < -0.3 is 15.0 Å². The molecule has 0 aliphatic heterocycles. The normalized spacial score (nSPS) is 11.6. The van der Waals surface area contributed by atoms with Crippen LogP contribution in [0.1, 0.15) is 88.0 Å². The summed E-state index contributed by atoms with van der Waals surface area (Å²) < 4.78 is 1.21. The lowest BCUT2D eigenvalue weighted by molar-refractivity contribution is -0.138. The van der Waals surface area contributed by atoms with Gasteiger partial charge in [-0.3, -0.25) is 9.59 Å². The summed E-state index contributed by atoms with van der Waals surface area (Å²) in [6.45, 7) is 12.6. The van der Waals surface area contributed by atoms with Crippen LogP contribution in [0.2, 0.25) is 0 Å². The van der Waals surface area contributed by atoms with Crippen LogP contribution >= 0.6 is 11.8 Å². The van der Waals surface area contributed by atoms with Crippen LogP contribution in [0.25, 0.3) is 11.4 Å². The minimum absolute atomic E-state index is 0.223. The van der Waals surface area contributed by atoms with E-state index < -0.39 is 10.7 Å². The zero-order valence-corrected chi connectivity index (χ0v) is 23.6. The van der Waals surface area contributed by atoms with Crippen LogP contribution in [0.3, 0.4) is 0 Å². The molecule has 37 heavy (non-hydrogen) atoms. The third-order valence-electron chi connectivity index (χ3n) is 6.51. The number of unbranched alkanes of at least 4 members (excludes halogenated alkanes) is 3. The van der Waals surface area contributed by atoms with Crippen LogP contribution in [0.4, 0.5) is 5.69 Å². The second-order valence-corrected chi connectivity index (χ2v) is 12.0. The van der Waals surface area contributed by atoms with Crippen molar-refractivity contribution in [2.24, 2.45) is 0 Å². The first kappa shape index (κ1) is 28.5. The number of benzene rings is 2.